The number of aryl methyl sites for hydroxylation is 1. The molecule has 1 heterocycles. The van der Waals surface area contributed by atoms with Crippen molar-refractivity contribution in [1.29, 1.82) is 0 Å². The van der Waals surface area contributed by atoms with Crippen LogP contribution in [0.3, 0.4) is 0 Å². The molecule has 0 aromatic heterocycles. The zero-order valence-corrected chi connectivity index (χ0v) is 17.7. The van der Waals surface area contributed by atoms with Gasteiger partial charge in [0.15, 0.2) is 18.1 Å². The number of carbonyl (C=O) groups is 2. The van der Waals surface area contributed by atoms with Crippen LogP contribution in [0.2, 0.25) is 0 Å². The zero-order valence-electron chi connectivity index (χ0n) is 17.7. The highest BCUT2D eigenvalue weighted by molar-refractivity contribution is 5.99. The number of anilines is 2. The molecule has 2 aromatic carbocycles. The number of hydrogen-bond donors (Lipinski definition) is 1. The van der Waals surface area contributed by atoms with Crippen molar-refractivity contribution in [2.75, 3.05) is 37.6 Å². The fraction of sp³-hybridized carbons (Fsp3) is 0.391. The van der Waals surface area contributed by atoms with Gasteiger partial charge in [-0.15, -0.1) is 0 Å². The SMILES string of the molecule is CCCCN1C(=O)COc2ccc(NC(=O)CCc3ccc(OC)c(OC)c3)cc21. The van der Waals surface area contributed by atoms with Gasteiger partial charge in [0.05, 0.1) is 19.9 Å². The Morgan fingerprint density at radius 3 is 2.67 bits per heavy atom. The maximum Gasteiger partial charge on any atom is 0.265 e. The first-order valence-corrected chi connectivity index (χ1v) is 10.1. The summed E-state index contributed by atoms with van der Waals surface area (Å²) in [6.07, 6.45) is 2.79. The third kappa shape index (κ3) is 5.03. The number of rotatable bonds is 9. The van der Waals surface area contributed by atoms with Gasteiger partial charge in [-0.1, -0.05) is 19.4 Å². The van der Waals surface area contributed by atoms with Crippen LogP contribution < -0.4 is 24.4 Å². The van der Waals surface area contributed by atoms with Gasteiger partial charge in [-0.3, -0.25) is 9.59 Å². The fourth-order valence-corrected chi connectivity index (χ4v) is 3.36. The Bertz CT molecular complexity index is 912. The summed E-state index contributed by atoms with van der Waals surface area (Å²) in [4.78, 5) is 26.5. The van der Waals surface area contributed by atoms with E-state index in [1.807, 2.05) is 18.2 Å². The summed E-state index contributed by atoms with van der Waals surface area (Å²) < 4.78 is 16.1. The van der Waals surface area contributed by atoms with E-state index in [-0.39, 0.29) is 18.4 Å². The van der Waals surface area contributed by atoms with Crippen molar-refractivity contribution in [2.24, 2.45) is 0 Å². The van der Waals surface area contributed by atoms with Crippen LogP contribution in [0.25, 0.3) is 0 Å². The van der Waals surface area contributed by atoms with Gasteiger partial charge in [-0.05, 0) is 48.7 Å². The molecule has 0 radical (unpaired) electrons. The first kappa shape index (κ1) is 21.5. The second kappa shape index (κ2) is 10.0. The molecule has 1 aliphatic heterocycles. The topological polar surface area (TPSA) is 77.1 Å². The average molecular weight is 412 g/mol. The van der Waals surface area contributed by atoms with Crippen LogP contribution in [0.1, 0.15) is 31.7 Å². The smallest absolute Gasteiger partial charge is 0.265 e. The molecule has 0 atom stereocenters. The summed E-state index contributed by atoms with van der Waals surface area (Å²) in [5, 5.41) is 2.92. The highest BCUT2D eigenvalue weighted by Gasteiger charge is 2.25. The third-order valence-electron chi connectivity index (χ3n) is 5.01. The number of methoxy groups -OCH3 is 2. The lowest BCUT2D eigenvalue weighted by atomic mass is 10.1. The van der Waals surface area contributed by atoms with E-state index >= 15 is 0 Å². The van der Waals surface area contributed by atoms with Crippen LogP contribution in [-0.2, 0) is 16.0 Å². The number of fused-ring (bicyclic) bond motifs is 1. The lowest BCUT2D eigenvalue weighted by Gasteiger charge is -2.29. The van der Waals surface area contributed by atoms with Crippen molar-refractivity contribution < 1.29 is 23.8 Å². The van der Waals surface area contributed by atoms with Crippen molar-refractivity contribution in [3.8, 4) is 17.2 Å². The number of benzene rings is 2. The summed E-state index contributed by atoms with van der Waals surface area (Å²) in [5.41, 5.74) is 2.33. The highest BCUT2D eigenvalue weighted by Crippen LogP contribution is 2.35. The first-order valence-electron chi connectivity index (χ1n) is 10.1. The molecule has 7 heteroatoms. The minimum atomic E-state index is -0.104. The lowest BCUT2D eigenvalue weighted by Crippen LogP contribution is -2.39. The second-order valence-electron chi connectivity index (χ2n) is 7.11. The molecule has 2 aromatic rings. The summed E-state index contributed by atoms with van der Waals surface area (Å²) in [5.74, 6) is 1.79. The molecule has 30 heavy (non-hydrogen) atoms. The Morgan fingerprint density at radius 2 is 1.93 bits per heavy atom. The van der Waals surface area contributed by atoms with Crippen LogP contribution in [-0.4, -0.2) is 39.2 Å². The Balaban J connectivity index is 1.64. The maximum absolute atomic E-state index is 12.5. The van der Waals surface area contributed by atoms with E-state index in [2.05, 4.69) is 12.2 Å². The molecule has 1 N–H and O–H groups in total. The first-order chi connectivity index (χ1) is 14.5. The van der Waals surface area contributed by atoms with Gasteiger partial charge in [0.2, 0.25) is 5.91 Å². The van der Waals surface area contributed by atoms with Gasteiger partial charge in [0.1, 0.15) is 5.75 Å². The molecule has 7 nitrogen and oxygen atoms in total. The summed E-state index contributed by atoms with van der Waals surface area (Å²) in [7, 11) is 3.17. The molecule has 0 saturated heterocycles. The van der Waals surface area contributed by atoms with E-state index in [0.29, 0.717) is 48.0 Å². The number of carbonyl (C=O) groups excluding carboxylic acids is 2. The standard InChI is InChI=1S/C23H28N2O5/c1-4-5-12-25-18-14-17(8-10-19(18)30-15-23(25)27)24-22(26)11-7-16-6-9-20(28-2)21(13-16)29-3/h6,8-10,13-14H,4-5,7,11-12,15H2,1-3H3,(H,24,26). The third-order valence-corrected chi connectivity index (χ3v) is 5.01. The molecule has 2 amide bonds. The molecule has 160 valence electrons. The van der Waals surface area contributed by atoms with Gasteiger partial charge in [-0.2, -0.15) is 0 Å². The van der Waals surface area contributed by atoms with Crippen LogP contribution >= 0.6 is 0 Å². The van der Waals surface area contributed by atoms with Crippen molar-refractivity contribution in [3.63, 3.8) is 0 Å². The number of hydrogen-bond acceptors (Lipinski definition) is 5. The Morgan fingerprint density at radius 1 is 1.13 bits per heavy atom. The normalized spacial score (nSPS) is 12.8. The molecule has 3 rings (SSSR count). The fourth-order valence-electron chi connectivity index (χ4n) is 3.36. The van der Waals surface area contributed by atoms with E-state index in [4.69, 9.17) is 14.2 Å². The largest absolute Gasteiger partial charge is 0.493 e. The van der Waals surface area contributed by atoms with Gasteiger partial charge >= 0.3 is 0 Å². The van der Waals surface area contributed by atoms with Crippen molar-refractivity contribution in [2.45, 2.75) is 32.6 Å². The van der Waals surface area contributed by atoms with E-state index in [1.165, 1.54) is 0 Å². The Hall–Kier alpha value is -3.22. The van der Waals surface area contributed by atoms with Crippen molar-refractivity contribution in [3.05, 3.63) is 42.0 Å². The molecule has 0 spiro atoms. The molecule has 1 aliphatic rings. The zero-order chi connectivity index (χ0) is 21.5. The summed E-state index contributed by atoms with van der Waals surface area (Å²) >= 11 is 0. The molecular weight excluding hydrogens is 384 g/mol. The molecule has 0 bridgehead atoms. The van der Waals surface area contributed by atoms with Gasteiger partial charge in [0.25, 0.3) is 5.91 Å². The Labute approximate surface area is 176 Å². The molecular formula is C23H28N2O5. The van der Waals surface area contributed by atoms with Gasteiger partial charge in [0, 0.05) is 18.7 Å². The number of nitrogens with one attached hydrogen (secondary N) is 1. The number of unbranched alkanes of at least 4 members (excludes halogenated alkanes) is 1. The minimum absolute atomic E-state index is 0.0493. The van der Waals surface area contributed by atoms with Crippen LogP contribution in [0.4, 0.5) is 11.4 Å². The quantitative estimate of drug-likeness (QED) is 0.678. The van der Waals surface area contributed by atoms with Gasteiger partial charge in [-0.25, -0.2) is 0 Å². The highest BCUT2D eigenvalue weighted by atomic mass is 16.5. The van der Waals surface area contributed by atoms with E-state index in [1.54, 1.807) is 37.3 Å². The van der Waals surface area contributed by atoms with Gasteiger partial charge < -0.3 is 24.4 Å². The average Bonchev–Trinajstić information content (AvgIpc) is 2.76. The van der Waals surface area contributed by atoms with Crippen molar-refractivity contribution in [1.82, 2.24) is 0 Å². The molecule has 0 saturated carbocycles. The Kier molecular flexibility index (Phi) is 7.17. The van der Waals surface area contributed by atoms with Crippen LogP contribution in [0, 0.1) is 0 Å². The number of ether oxygens (including phenoxy) is 3. The summed E-state index contributed by atoms with van der Waals surface area (Å²) in [6, 6.07) is 11.0. The molecule has 0 fully saturated rings. The number of nitrogens with zero attached hydrogens (tertiary/aromatic N) is 1. The van der Waals surface area contributed by atoms with E-state index in [0.717, 1.165) is 18.4 Å². The van der Waals surface area contributed by atoms with E-state index < -0.39 is 0 Å². The van der Waals surface area contributed by atoms with E-state index in [9.17, 15) is 9.59 Å². The lowest BCUT2D eigenvalue weighted by molar-refractivity contribution is -0.121. The second-order valence-corrected chi connectivity index (χ2v) is 7.11. The number of amides is 2. The predicted molar refractivity (Wildman–Crippen MR) is 116 cm³/mol. The van der Waals surface area contributed by atoms with Crippen LogP contribution in [0.5, 0.6) is 17.2 Å². The van der Waals surface area contributed by atoms with Crippen LogP contribution in [0.15, 0.2) is 36.4 Å². The molecule has 0 aliphatic carbocycles. The maximum atomic E-state index is 12.5. The van der Waals surface area contributed by atoms with Crippen molar-refractivity contribution >= 4 is 23.2 Å². The predicted octanol–water partition coefficient (Wildman–Crippen LogP) is 3.80. The molecule has 0 unspecified atom stereocenters. The summed E-state index contributed by atoms with van der Waals surface area (Å²) in [6.45, 7) is 2.77. The minimum Gasteiger partial charge on any atom is -0.493 e. The monoisotopic (exact) mass is 412 g/mol.